The quantitative estimate of drug-likeness (QED) is 0.483. The summed E-state index contributed by atoms with van der Waals surface area (Å²) < 4.78 is 0. The summed E-state index contributed by atoms with van der Waals surface area (Å²) in [5.74, 6) is 0.866. The van der Waals surface area contributed by atoms with E-state index in [1.807, 2.05) is 0 Å². The zero-order valence-electron chi connectivity index (χ0n) is 10.9. The van der Waals surface area contributed by atoms with E-state index in [9.17, 15) is 0 Å². The van der Waals surface area contributed by atoms with E-state index in [0.29, 0.717) is 9.87 Å². The van der Waals surface area contributed by atoms with Crippen molar-refractivity contribution in [2.24, 2.45) is 5.92 Å². The minimum atomic E-state index is -1.06. The van der Waals surface area contributed by atoms with Crippen LogP contribution in [-0.4, -0.2) is 12.9 Å². The van der Waals surface area contributed by atoms with Crippen LogP contribution in [0.5, 0.6) is 0 Å². The van der Waals surface area contributed by atoms with Crippen molar-refractivity contribution < 1.29 is 0 Å². The molecule has 0 rings (SSSR count). The second-order valence-corrected chi connectivity index (χ2v) is 13.7. The van der Waals surface area contributed by atoms with Gasteiger partial charge in [-0.3, -0.25) is 0 Å². The molecule has 0 N–H and O–H groups in total. The Labute approximate surface area is 100 Å². The normalized spacial score (nSPS) is 18.0. The van der Waals surface area contributed by atoms with Crippen LogP contribution in [-0.2, 0) is 0 Å². The van der Waals surface area contributed by atoms with Gasteiger partial charge in [0.05, 0.1) is 8.07 Å². The highest BCUT2D eigenvalue weighted by Crippen LogP contribution is 2.41. The first kappa shape index (κ1) is 14.7. The smallest absolute Gasteiger partial charge is 0.0530 e. The fraction of sp³-hybridized carbons (Fsp3) is 1.00. The van der Waals surface area contributed by atoms with Crippen molar-refractivity contribution >= 4 is 24.0 Å². The van der Waals surface area contributed by atoms with Gasteiger partial charge in [0.1, 0.15) is 0 Å². The summed E-state index contributed by atoms with van der Waals surface area (Å²) >= 11 is 3.65. The third-order valence-corrected chi connectivity index (χ3v) is 9.77. The van der Waals surface area contributed by atoms with E-state index in [-0.39, 0.29) is 0 Å². The van der Waals surface area contributed by atoms with E-state index in [1.165, 1.54) is 12.5 Å². The number of alkyl halides is 1. The molecule has 0 aliphatic heterocycles. The maximum Gasteiger partial charge on any atom is 0.0530 e. The van der Waals surface area contributed by atoms with Crippen LogP contribution in [0.2, 0.25) is 24.2 Å². The standard InChI is InChI=1S/C12H27BrSi/c1-10(8-11(2)13)9-14(6,7)12(3,4)5/h10-11H,8-9H2,1-7H3. The topological polar surface area (TPSA) is 0 Å². The Morgan fingerprint density at radius 1 is 1.14 bits per heavy atom. The van der Waals surface area contributed by atoms with E-state index in [4.69, 9.17) is 0 Å². The molecule has 0 amide bonds. The van der Waals surface area contributed by atoms with Crippen molar-refractivity contribution in [3.63, 3.8) is 0 Å². The minimum Gasteiger partial charge on any atom is -0.0894 e. The first-order valence-electron chi connectivity index (χ1n) is 5.70. The molecule has 0 saturated heterocycles. The van der Waals surface area contributed by atoms with Gasteiger partial charge >= 0.3 is 0 Å². The van der Waals surface area contributed by atoms with Gasteiger partial charge in [-0.1, -0.05) is 69.7 Å². The maximum atomic E-state index is 3.65. The summed E-state index contributed by atoms with van der Waals surface area (Å²) in [5.41, 5.74) is 0. The number of rotatable bonds is 4. The van der Waals surface area contributed by atoms with Crippen LogP contribution >= 0.6 is 15.9 Å². The Morgan fingerprint density at radius 3 is 1.86 bits per heavy atom. The molecule has 86 valence electrons. The van der Waals surface area contributed by atoms with Gasteiger partial charge in [0.25, 0.3) is 0 Å². The molecule has 0 aliphatic carbocycles. The molecule has 0 aromatic carbocycles. The van der Waals surface area contributed by atoms with Crippen LogP contribution < -0.4 is 0 Å². The predicted octanol–water partition coefficient (Wildman–Crippen LogP) is 5.30. The van der Waals surface area contributed by atoms with Crippen molar-refractivity contribution in [2.45, 2.75) is 70.0 Å². The summed E-state index contributed by atoms with van der Waals surface area (Å²) in [4.78, 5) is 0.669. The van der Waals surface area contributed by atoms with Crippen LogP contribution in [0.3, 0.4) is 0 Å². The molecule has 0 spiro atoms. The summed E-state index contributed by atoms with van der Waals surface area (Å²) in [5, 5.41) is 0.539. The van der Waals surface area contributed by atoms with E-state index < -0.39 is 8.07 Å². The molecule has 0 nitrogen and oxygen atoms in total. The molecule has 0 radical (unpaired) electrons. The molecule has 0 saturated carbocycles. The highest BCUT2D eigenvalue weighted by Gasteiger charge is 2.35. The molecule has 0 fully saturated rings. The molecule has 0 heterocycles. The van der Waals surface area contributed by atoms with Gasteiger partial charge in [0, 0.05) is 4.83 Å². The molecule has 0 aromatic rings. The third kappa shape index (κ3) is 4.97. The lowest BCUT2D eigenvalue weighted by Crippen LogP contribution is -2.38. The molecular weight excluding hydrogens is 252 g/mol. The second-order valence-electron chi connectivity index (χ2n) is 6.46. The van der Waals surface area contributed by atoms with Gasteiger partial charge in [-0.2, -0.15) is 0 Å². The molecule has 14 heavy (non-hydrogen) atoms. The van der Waals surface area contributed by atoms with Crippen LogP contribution in [0.15, 0.2) is 0 Å². The lowest BCUT2D eigenvalue weighted by atomic mass is 10.1. The van der Waals surface area contributed by atoms with Crippen LogP contribution in [0.25, 0.3) is 0 Å². The molecule has 0 aromatic heterocycles. The van der Waals surface area contributed by atoms with Gasteiger partial charge < -0.3 is 0 Å². The van der Waals surface area contributed by atoms with Gasteiger partial charge in [-0.05, 0) is 17.4 Å². The van der Waals surface area contributed by atoms with Crippen molar-refractivity contribution in [2.75, 3.05) is 0 Å². The fourth-order valence-corrected chi connectivity index (χ4v) is 4.97. The lowest BCUT2D eigenvalue weighted by Gasteiger charge is -2.39. The maximum absolute atomic E-state index is 3.65. The summed E-state index contributed by atoms with van der Waals surface area (Å²) in [6, 6.07) is 1.45. The zero-order valence-corrected chi connectivity index (χ0v) is 13.5. The highest BCUT2D eigenvalue weighted by molar-refractivity contribution is 9.09. The molecule has 2 heteroatoms. The average Bonchev–Trinajstić information content (AvgIpc) is 1.79. The predicted molar refractivity (Wildman–Crippen MR) is 74.2 cm³/mol. The number of hydrogen-bond donors (Lipinski definition) is 0. The Hall–Kier alpha value is 0.697. The molecule has 0 bridgehead atoms. The minimum absolute atomic E-state index is 0.539. The molecular formula is C12H27BrSi. The fourth-order valence-electron chi connectivity index (χ4n) is 1.82. The number of hydrogen-bond acceptors (Lipinski definition) is 0. The monoisotopic (exact) mass is 278 g/mol. The number of halogens is 1. The second kappa shape index (κ2) is 5.15. The Morgan fingerprint density at radius 2 is 1.57 bits per heavy atom. The third-order valence-electron chi connectivity index (χ3n) is 3.62. The highest BCUT2D eigenvalue weighted by atomic mass is 79.9. The van der Waals surface area contributed by atoms with E-state index in [2.05, 4.69) is 63.6 Å². The van der Waals surface area contributed by atoms with Gasteiger partial charge in [0.15, 0.2) is 0 Å². The van der Waals surface area contributed by atoms with Crippen LogP contribution in [0, 0.1) is 5.92 Å². The Bertz CT molecular complexity index is 168. The molecule has 0 aliphatic rings. The van der Waals surface area contributed by atoms with Crippen molar-refractivity contribution in [1.82, 2.24) is 0 Å². The van der Waals surface area contributed by atoms with Crippen LogP contribution in [0.1, 0.15) is 41.0 Å². The van der Waals surface area contributed by atoms with E-state index in [1.54, 1.807) is 0 Å². The summed E-state index contributed by atoms with van der Waals surface area (Å²) in [6.07, 6.45) is 1.31. The summed E-state index contributed by atoms with van der Waals surface area (Å²) in [7, 11) is -1.06. The SMILES string of the molecule is CC(Br)CC(C)C[Si](C)(C)C(C)(C)C. The van der Waals surface area contributed by atoms with E-state index >= 15 is 0 Å². The largest absolute Gasteiger partial charge is 0.0894 e. The van der Waals surface area contributed by atoms with Gasteiger partial charge in [-0.15, -0.1) is 0 Å². The van der Waals surface area contributed by atoms with Crippen molar-refractivity contribution in [1.29, 1.82) is 0 Å². The molecule has 2 unspecified atom stereocenters. The van der Waals surface area contributed by atoms with Crippen molar-refractivity contribution in [3.05, 3.63) is 0 Å². The first-order valence-corrected chi connectivity index (χ1v) is 9.82. The zero-order chi connectivity index (χ0) is 11.6. The van der Waals surface area contributed by atoms with Crippen molar-refractivity contribution in [3.8, 4) is 0 Å². The first-order chi connectivity index (χ1) is 6.06. The average molecular weight is 279 g/mol. The molecule has 2 atom stereocenters. The Balaban J connectivity index is 4.22. The van der Waals surface area contributed by atoms with Gasteiger partial charge in [0.2, 0.25) is 0 Å². The van der Waals surface area contributed by atoms with E-state index in [0.717, 1.165) is 5.92 Å². The van der Waals surface area contributed by atoms with Gasteiger partial charge in [-0.25, -0.2) is 0 Å². The summed E-state index contributed by atoms with van der Waals surface area (Å²) in [6.45, 7) is 16.9. The lowest BCUT2D eigenvalue weighted by molar-refractivity contribution is 0.565. The Kier molecular flexibility index (Phi) is 5.41. The van der Waals surface area contributed by atoms with Crippen LogP contribution in [0.4, 0.5) is 0 Å².